The maximum absolute atomic E-state index is 12.3. The number of hydrogen-bond donors (Lipinski definition) is 0. The second kappa shape index (κ2) is 6.95. The molecule has 0 aliphatic carbocycles. The van der Waals surface area contributed by atoms with Gasteiger partial charge in [-0.05, 0) is 30.4 Å². The molecule has 1 aliphatic heterocycles. The van der Waals surface area contributed by atoms with Gasteiger partial charge in [0.15, 0.2) is 12.3 Å². The first-order valence-corrected chi connectivity index (χ1v) is 8.19. The number of carbonyl (C=O) groups excluding carboxylic acids is 2. The van der Waals surface area contributed by atoms with Crippen molar-refractivity contribution >= 4 is 22.9 Å². The van der Waals surface area contributed by atoms with Crippen LogP contribution in [-0.2, 0) is 9.53 Å². The van der Waals surface area contributed by atoms with Crippen molar-refractivity contribution in [2.24, 2.45) is 11.8 Å². The number of amides is 1. The molecule has 2 unspecified atom stereocenters. The molecular weight excluding hydrogens is 306 g/mol. The Labute approximate surface area is 140 Å². The van der Waals surface area contributed by atoms with E-state index in [2.05, 4.69) is 23.8 Å². The lowest BCUT2D eigenvalue weighted by Crippen LogP contribution is -2.44. The summed E-state index contributed by atoms with van der Waals surface area (Å²) in [5.74, 6) is 0.162. The third-order valence-corrected chi connectivity index (χ3v) is 4.21. The normalized spacial score (nSPS) is 20.8. The third-order valence-electron chi connectivity index (χ3n) is 4.21. The quantitative estimate of drug-likeness (QED) is 0.809. The summed E-state index contributed by atoms with van der Waals surface area (Å²) in [7, 11) is 0. The van der Waals surface area contributed by atoms with Gasteiger partial charge in [0.25, 0.3) is 5.91 Å². The van der Waals surface area contributed by atoms with E-state index in [-0.39, 0.29) is 18.2 Å². The van der Waals surface area contributed by atoms with E-state index in [0.717, 1.165) is 19.5 Å². The first-order chi connectivity index (χ1) is 11.5. The number of nitrogens with zero attached hydrogens (tertiary/aromatic N) is 3. The van der Waals surface area contributed by atoms with Gasteiger partial charge in [0, 0.05) is 13.1 Å². The number of aromatic nitrogens is 2. The zero-order chi connectivity index (χ0) is 17.1. The topological polar surface area (TPSA) is 72.4 Å². The predicted molar refractivity (Wildman–Crippen MR) is 89.3 cm³/mol. The fourth-order valence-electron chi connectivity index (χ4n) is 3.21. The van der Waals surface area contributed by atoms with E-state index in [9.17, 15) is 9.59 Å². The maximum Gasteiger partial charge on any atom is 0.359 e. The SMILES string of the molecule is CC1CC(C)CN(C(=O)COC(=O)c2cnc3ccccc3n2)C1. The Morgan fingerprint density at radius 1 is 1.17 bits per heavy atom. The number of carbonyl (C=O) groups is 2. The van der Waals surface area contributed by atoms with Crippen molar-refractivity contribution in [2.45, 2.75) is 20.3 Å². The monoisotopic (exact) mass is 327 g/mol. The van der Waals surface area contributed by atoms with Crippen LogP contribution in [0.1, 0.15) is 30.8 Å². The molecule has 3 rings (SSSR count). The van der Waals surface area contributed by atoms with E-state index in [1.54, 1.807) is 11.0 Å². The minimum atomic E-state index is -0.625. The highest BCUT2D eigenvalue weighted by Crippen LogP contribution is 2.21. The molecule has 1 fully saturated rings. The summed E-state index contributed by atoms with van der Waals surface area (Å²) in [6.45, 7) is 5.44. The fourth-order valence-corrected chi connectivity index (χ4v) is 3.21. The van der Waals surface area contributed by atoms with E-state index in [0.29, 0.717) is 22.9 Å². The first kappa shape index (κ1) is 16.4. The van der Waals surface area contributed by atoms with Gasteiger partial charge in [0.1, 0.15) is 0 Å². The van der Waals surface area contributed by atoms with E-state index < -0.39 is 5.97 Å². The number of rotatable bonds is 3. The number of esters is 1. The molecule has 0 N–H and O–H groups in total. The Bertz CT molecular complexity index is 752. The van der Waals surface area contributed by atoms with Gasteiger partial charge in [0.05, 0.1) is 17.2 Å². The van der Waals surface area contributed by atoms with Gasteiger partial charge in [-0.15, -0.1) is 0 Å². The highest BCUT2D eigenvalue weighted by molar-refractivity contribution is 5.91. The van der Waals surface area contributed by atoms with Crippen molar-refractivity contribution in [3.63, 3.8) is 0 Å². The summed E-state index contributed by atoms with van der Waals surface area (Å²) in [6, 6.07) is 7.28. The standard InChI is InChI=1S/C18H21N3O3/c1-12-7-13(2)10-21(9-12)17(22)11-24-18(23)16-8-19-14-5-3-4-6-15(14)20-16/h3-6,8,12-13H,7,9-11H2,1-2H3. The second-order valence-corrected chi connectivity index (χ2v) is 6.56. The molecule has 1 aromatic heterocycles. The minimum Gasteiger partial charge on any atom is -0.451 e. The molecule has 2 heterocycles. The zero-order valence-corrected chi connectivity index (χ0v) is 13.9. The summed E-state index contributed by atoms with van der Waals surface area (Å²) in [4.78, 5) is 34.5. The van der Waals surface area contributed by atoms with Crippen molar-refractivity contribution in [2.75, 3.05) is 19.7 Å². The highest BCUT2D eigenvalue weighted by Gasteiger charge is 2.26. The highest BCUT2D eigenvalue weighted by atomic mass is 16.5. The lowest BCUT2D eigenvalue weighted by molar-refractivity contribution is -0.137. The summed E-state index contributed by atoms with van der Waals surface area (Å²) >= 11 is 0. The Morgan fingerprint density at radius 2 is 1.83 bits per heavy atom. The Balaban J connectivity index is 1.60. The molecule has 0 saturated carbocycles. The van der Waals surface area contributed by atoms with Crippen LogP contribution in [0.15, 0.2) is 30.5 Å². The molecule has 0 radical (unpaired) electrons. The van der Waals surface area contributed by atoms with Crippen molar-refractivity contribution in [1.29, 1.82) is 0 Å². The maximum atomic E-state index is 12.3. The van der Waals surface area contributed by atoms with Crippen LogP contribution < -0.4 is 0 Å². The average molecular weight is 327 g/mol. The Kier molecular flexibility index (Phi) is 4.74. The number of hydrogen-bond acceptors (Lipinski definition) is 5. The Morgan fingerprint density at radius 3 is 2.54 bits per heavy atom. The van der Waals surface area contributed by atoms with Crippen molar-refractivity contribution < 1.29 is 14.3 Å². The number of benzene rings is 1. The average Bonchev–Trinajstić information content (AvgIpc) is 2.58. The van der Waals surface area contributed by atoms with Crippen LogP contribution in [-0.4, -0.2) is 46.4 Å². The smallest absolute Gasteiger partial charge is 0.359 e. The molecule has 2 atom stereocenters. The lowest BCUT2D eigenvalue weighted by atomic mass is 9.92. The molecule has 1 aromatic carbocycles. The summed E-state index contributed by atoms with van der Waals surface area (Å²) in [5, 5.41) is 0. The lowest BCUT2D eigenvalue weighted by Gasteiger charge is -2.34. The van der Waals surface area contributed by atoms with Gasteiger partial charge in [-0.3, -0.25) is 9.78 Å². The number of para-hydroxylation sites is 2. The predicted octanol–water partition coefficient (Wildman–Crippen LogP) is 2.29. The molecule has 2 aromatic rings. The van der Waals surface area contributed by atoms with Crippen LogP contribution in [0.4, 0.5) is 0 Å². The van der Waals surface area contributed by atoms with Gasteiger partial charge < -0.3 is 9.64 Å². The van der Waals surface area contributed by atoms with Crippen LogP contribution in [0, 0.1) is 11.8 Å². The van der Waals surface area contributed by atoms with Gasteiger partial charge in [-0.1, -0.05) is 26.0 Å². The van der Waals surface area contributed by atoms with E-state index in [1.165, 1.54) is 6.20 Å². The van der Waals surface area contributed by atoms with Crippen LogP contribution in [0.3, 0.4) is 0 Å². The molecule has 0 bridgehead atoms. The number of fused-ring (bicyclic) bond motifs is 1. The van der Waals surface area contributed by atoms with Crippen LogP contribution in [0.25, 0.3) is 11.0 Å². The molecule has 1 saturated heterocycles. The molecule has 126 valence electrons. The zero-order valence-electron chi connectivity index (χ0n) is 13.9. The second-order valence-electron chi connectivity index (χ2n) is 6.56. The van der Waals surface area contributed by atoms with Gasteiger partial charge >= 0.3 is 5.97 Å². The van der Waals surface area contributed by atoms with Crippen molar-refractivity contribution in [1.82, 2.24) is 14.9 Å². The number of ether oxygens (including phenoxy) is 1. The van der Waals surface area contributed by atoms with E-state index >= 15 is 0 Å². The first-order valence-electron chi connectivity index (χ1n) is 8.19. The van der Waals surface area contributed by atoms with E-state index in [1.807, 2.05) is 18.2 Å². The molecule has 6 heteroatoms. The largest absolute Gasteiger partial charge is 0.451 e. The summed E-state index contributed by atoms with van der Waals surface area (Å²) < 4.78 is 5.13. The molecule has 24 heavy (non-hydrogen) atoms. The number of likely N-dealkylation sites (tertiary alicyclic amines) is 1. The van der Waals surface area contributed by atoms with Crippen LogP contribution >= 0.6 is 0 Å². The molecule has 6 nitrogen and oxygen atoms in total. The van der Waals surface area contributed by atoms with Crippen LogP contribution in [0.5, 0.6) is 0 Å². The third kappa shape index (κ3) is 3.69. The van der Waals surface area contributed by atoms with Gasteiger partial charge in [0.2, 0.25) is 0 Å². The van der Waals surface area contributed by atoms with Gasteiger partial charge in [-0.2, -0.15) is 0 Å². The molecular formula is C18H21N3O3. The molecule has 0 spiro atoms. The summed E-state index contributed by atoms with van der Waals surface area (Å²) in [5.41, 5.74) is 1.44. The van der Waals surface area contributed by atoms with Gasteiger partial charge in [-0.25, -0.2) is 9.78 Å². The number of piperidine rings is 1. The minimum absolute atomic E-state index is 0.113. The molecule has 1 aliphatic rings. The fraction of sp³-hybridized carbons (Fsp3) is 0.444. The van der Waals surface area contributed by atoms with E-state index in [4.69, 9.17) is 4.74 Å². The molecule has 1 amide bonds. The van der Waals surface area contributed by atoms with Crippen molar-refractivity contribution in [3.05, 3.63) is 36.2 Å². The Hall–Kier alpha value is -2.50. The van der Waals surface area contributed by atoms with Crippen LogP contribution in [0.2, 0.25) is 0 Å². The van der Waals surface area contributed by atoms with Crippen molar-refractivity contribution in [3.8, 4) is 0 Å². The summed E-state index contributed by atoms with van der Waals surface area (Å²) in [6.07, 6.45) is 2.50.